The van der Waals surface area contributed by atoms with Gasteiger partial charge >= 0.3 is 0 Å². The third-order valence-electron chi connectivity index (χ3n) is 4.94. The number of hydrogen-bond donors (Lipinski definition) is 2. The molecule has 21 heavy (non-hydrogen) atoms. The van der Waals surface area contributed by atoms with Gasteiger partial charge < -0.3 is 20.7 Å². The minimum atomic E-state index is -0.372. The molecule has 0 aromatic carbocycles. The highest BCUT2D eigenvalue weighted by Crippen LogP contribution is 2.18. The maximum Gasteiger partial charge on any atom is 0.237 e. The number of ether oxygens (including phenoxy) is 1. The molecule has 2 saturated heterocycles. The first kappa shape index (κ1) is 16.7. The topological polar surface area (TPSA) is 67.6 Å². The predicted octanol–water partition coefficient (Wildman–Crippen LogP) is 1.12. The Kier molecular flexibility index (Phi) is 6.93. The minimum absolute atomic E-state index is 0.00796. The largest absolute Gasteiger partial charge is 0.381 e. The second-order valence-corrected chi connectivity index (χ2v) is 6.50. The van der Waals surface area contributed by atoms with Crippen LogP contribution in [0.25, 0.3) is 0 Å². The van der Waals surface area contributed by atoms with Gasteiger partial charge in [-0.3, -0.25) is 4.79 Å². The number of likely N-dealkylation sites (tertiary alicyclic amines) is 1. The SMILES string of the molecule is CC1CCCCN1CCCNC(=O)C(N)C1CCOCC1. The molecular weight excluding hydrogens is 266 g/mol. The first-order valence-corrected chi connectivity index (χ1v) is 8.53. The molecule has 0 bridgehead atoms. The van der Waals surface area contributed by atoms with Crippen molar-refractivity contribution in [3.8, 4) is 0 Å². The van der Waals surface area contributed by atoms with Crippen LogP contribution in [-0.2, 0) is 9.53 Å². The maximum atomic E-state index is 12.1. The molecule has 2 fully saturated rings. The lowest BCUT2D eigenvalue weighted by Crippen LogP contribution is -2.47. The third-order valence-corrected chi connectivity index (χ3v) is 4.94. The van der Waals surface area contributed by atoms with E-state index in [2.05, 4.69) is 17.1 Å². The number of hydrogen-bond acceptors (Lipinski definition) is 4. The third kappa shape index (κ3) is 5.24. The fourth-order valence-corrected chi connectivity index (χ4v) is 3.39. The van der Waals surface area contributed by atoms with Gasteiger partial charge in [-0.05, 0) is 51.5 Å². The van der Waals surface area contributed by atoms with Crippen molar-refractivity contribution in [2.45, 2.75) is 57.5 Å². The number of carbonyl (C=O) groups is 1. The monoisotopic (exact) mass is 297 g/mol. The van der Waals surface area contributed by atoms with E-state index in [1.165, 1.54) is 25.8 Å². The molecule has 0 saturated carbocycles. The first-order valence-electron chi connectivity index (χ1n) is 8.53. The van der Waals surface area contributed by atoms with Gasteiger partial charge in [0.05, 0.1) is 6.04 Å². The summed E-state index contributed by atoms with van der Waals surface area (Å²) in [5.41, 5.74) is 6.06. The van der Waals surface area contributed by atoms with E-state index < -0.39 is 0 Å². The summed E-state index contributed by atoms with van der Waals surface area (Å²) in [6, 6.07) is 0.321. The molecule has 0 aliphatic carbocycles. The molecule has 2 aliphatic rings. The van der Waals surface area contributed by atoms with Crippen LogP contribution in [0.5, 0.6) is 0 Å². The quantitative estimate of drug-likeness (QED) is 0.721. The van der Waals surface area contributed by atoms with Gasteiger partial charge in [-0.2, -0.15) is 0 Å². The van der Waals surface area contributed by atoms with E-state index in [4.69, 9.17) is 10.5 Å². The molecule has 5 nitrogen and oxygen atoms in total. The van der Waals surface area contributed by atoms with Crippen molar-refractivity contribution in [2.24, 2.45) is 11.7 Å². The van der Waals surface area contributed by atoms with Gasteiger partial charge in [-0.25, -0.2) is 0 Å². The van der Waals surface area contributed by atoms with Gasteiger partial charge in [0.25, 0.3) is 0 Å². The Morgan fingerprint density at radius 2 is 2.10 bits per heavy atom. The average Bonchev–Trinajstić information content (AvgIpc) is 2.53. The van der Waals surface area contributed by atoms with Crippen molar-refractivity contribution in [3.63, 3.8) is 0 Å². The number of carbonyl (C=O) groups excluding carboxylic acids is 1. The van der Waals surface area contributed by atoms with Crippen LogP contribution < -0.4 is 11.1 Å². The molecular formula is C16H31N3O2. The number of nitrogens with zero attached hydrogens (tertiary/aromatic N) is 1. The summed E-state index contributed by atoms with van der Waals surface area (Å²) in [6.07, 6.45) is 6.79. The Balaban J connectivity index is 1.60. The highest BCUT2D eigenvalue weighted by atomic mass is 16.5. The summed E-state index contributed by atoms with van der Waals surface area (Å²) in [7, 11) is 0. The van der Waals surface area contributed by atoms with Gasteiger partial charge in [0, 0.05) is 32.3 Å². The summed E-state index contributed by atoms with van der Waals surface area (Å²) < 4.78 is 5.31. The van der Waals surface area contributed by atoms with Gasteiger partial charge in [0.15, 0.2) is 0 Å². The predicted molar refractivity (Wildman–Crippen MR) is 84.0 cm³/mol. The molecule has 2 heterocycles. The molecule has 0 radical (unpaired) electrons. The molecule has 2 atom stereocenters. The highest BCUT2D eigenvalue weighted by Gasteiger charge is 2.26. The van der Waals surface area contributed by atoms with Crippen LogP contribution >= 0.6 is 0 Å². The number of piperidine rings is 1. The highest BCUT2D eigenvalue weighted by molar-refractivity contribution is 5.81. The minimum Gasteiger partial charge on any atom is -0.381 e. The lowest BCUT2D eigenvalue weighted by Gasteiger charge is -2.33. The number of rotatable bonds is 6. The molecule has 5 heteroatoms. The van der Waals surface area contributed by atoms with E-state index in [-0.39, 0.29) is 17.9 Å². The smallest absolute Gasteiger partial charge is 0.237 e. The zero-order valence-electron chi connectivity index (χ0n) is 13.4. The van der Waals surface area contributed by atoms with Crippen LogP contribution in [0.3, 0.4) is 0 Å². The normalized spacial score (nSPS) is 26.5. The van der Waals surface area contributed by atoms with E-state index in [0.717, 1.165) is 45.6 Å². The van der Waals surface area contributed by atoms with Crippen molar-refractivity contribution >= 4 is 5.91 Å². The van der Waals surface area contributed by atoms with Crippen molar-refractivity contribution in [2.75, 3.05) is 32.8 Å². The summed E-state index contributed by atoms with van der Waals surface area (Å²) in [6.45, 7) is 6.79. The van der Waals surface area contributed by atoms with Crippen molar-refractivity contribution in [1.29, 1.82) is 0 Å². The first-order chi connectivity index (χ1) is 10.2. The van der Waals surface area contributed by atoms with E-state index in [1.807, 2.05) is 0 Å². The van der Waals surface area contributed by atoms with Crippen LogP contribution in [0.2, 0.25) is 0 Å². The molecule has 2 unspecified atom stereocenters. The Labute approximate surface area is 128 Å². The standard InChI is InChI=1S/C16H31N3O2/c1-13-5-2-3-9-19(13)10-4-8-18-16(20)15(17)14-6-11-21-12-7-14/h13-15H,2-12,17H2,1H3,(H,18,20). The van der Waals surface area contributed by atoms with Gasteiger partial charge in [0.1, 0.15) is 0 Å². The molecule has 2 aliphatic heterocycles. The number of amides is 1. The number of nitrogens with two attached hydrogens (primary N) is 1. The molecule has 2 rings (SSSR count). The Hall–Kier alpha value is -0.650. The van der Waals surface area contributed by atoms with Crippen molar-refractivity contribution in [1.82, 2.24) is 10.2 Å². The van der Waals surface area contributed by atoms with E-state index >= 15 is 0 Å². The zero-order chi connectivity index (χ0) is 15.1. The molecule has 0 spiro atoms. The van der Waals surface area contributed by atoms with Gasteiger partial charge in [0.2, 0.25) is 5.91 Å². The Morgan fingerprint density at radius 1 is 1.33 bits per heavy atom. The lowest BCUT2D eigenvalue weighted by atomic mass is 9.92. The average molecular weight is 297 g/mol. The fourth-order valence-electron chi connectivity index (χ4n) is 3.39. The van der Waals surface area contributed by atoms with Crippen molar-refractivity contribution < 1.29 is 9.53 Å². The molecule has 3 N–H and O–H groups in total. The summed E-state index contributed by atoms with van der Waals surface area (Å²) in [5.74, 6) is 0.287. The van der Waals surface area contributed by atoms with Crippen LogP contribution in [0, 0.1) is 5.92 Å². The van der Waals surface area contributed by atoms with E-state index in [0.29, 0.717) is 6.04 Å². The van der Waals surface area contributed by atoms with E-state index in [1.54, 1.807) is 0 Å². The van der Waals surface area contributed by atoms with Crippen LogP contribution in [-0.4, -0.2) is 55.7 Å². The van der Waals surface area contributed by atoms with Gasteiger partial charge in [-0.15, -0.1) is 0 Å². The zero-order valence-corrected chi connectivity index (χ0v) is 13.4. The maximum absolute atomic E-state index is 12.1. The summed E-state index contributed by atoms with van der Waals surface area (Å²) in [4.78, 5) is 14.6. The summed E-state index contributed by atoms with van der Waals surface area (Å²) in [5, 5.41) is 3.00. The Morgan fingerprint density at radius 3 is 2.81 bits per heavy atom. The molecule has 1 amide bonds. The molecule has 122 valence electrons. The van der Waals surface area contributed by atoms with E-state index in [9.17, 15) is 4.79 Å². The molecule has 0 aromatic heterocycles. The van der Waals surface area contributed by atoms with Gasteiger partial charge in [-0.1, -0.05) is 6.42 Å². The number of nitrogens with one attached hydrogen (secondary N) is 1. The summed E-state index contributed by atoms with van der Waals surface area (Å²) >= 11 is 0. The molecule has 0 aromatic rings. The van der Waals surface area contributed by atoms with Crippen molar-refractivity contribution in [3.05, 3.63) is 0 Å². The second kappa shape index (κ2) is 8.71. The second-order valence-electron chi connectivity index (χ2n) is 6.50. The van der Waals surface area contributed by atoms with Crippen LogP contribution in [0.4, 0.5) is 0 Å². The Bertz CT molecular complexity index is 319. The fraction of sp³-hybridized carbons (Fsp3) is 0.938. The lowest BCUT2D eigenvalue weighted by molar-refractivity contribution is -0.124. The van der Waals surface area contributed by atoms with Crippen LogP contribution in [0.1, 0.15) is 45.4 Å². The van der Waals surface area contributed by atoms with Crippen LogP contribution in [0.15, 0.2) is 0 Å².